The maximum atomic E-state index is 11.4. The number of hydrogen-bond acceptors (Lipinski definition) is 3. The van der Waals surface area contributed by atoms with Gasteiger partial charge in [-0.25, -0.2) is 0 Å². The summed E-state index contributed by atoms with van der Waals surface area (Å²) >= 11 is 0. The maximum Gasteiger partial charge on any atom is 0.294 e. The molecule has 0 saturated heterocycles. The Morgan fingerprint density at radius 2 is 1.23 bits per heavy atom. The molecule has 3 rings (SSSR count). The lowest BCUT2D eigenvalue weighted by atomic mass is 10.3. The molecule has 4 nitrogen and oxygen atoms in total. The van der Waals surface area contributed by atoms with Crippen molar-refractivity contribution in [3.8, 4) is 0 Å². The van der Waals surface area contributed by atoms with Crippen molar-refractivity contribution in [1.82, 2.24) is 0 Å². The first kappa shape index (κ1) is 20.3. The summed E-state index contributed by atoms with van der Waals surface area (Å²) in [6, 6.07) is 26.5. The first-order chi connectivity index (χ1) is 12.5. The van der Waals surface area contributed by atoms with Crippen LogP contribution in [0.5, 0.6) is 0 Å². The van der Waals surface area contributed by atoms with Gasteiger partial charge in [-0.3, -0.25) is 4.55 Å². The second kappa shape index (κ2) is 9.60. The van der Waals surface area contributed by atoms with Gasteiger partial charge in [-0.2, -0.15) is 8.42 Å². The van der Waals surface area contributed by atoms with Crippen LogP contribution >= 0.6 is 7.92 Å². The zero-order valence-corrected chi connectivity index (χ0v) is 16.2. The van der Waals surface area contributed by atoms with Crippen LogP contribution < -0.4 is 21.6 Å². The molecular formula is C20H22NO3PS. The molecule has 0 aromatic heterocycles. The van der Waals surface area contributed by atoms with Crippen molar-refractivity contribution in [1.29, 1.82) is 0 Å². The molecule has 136 valence electrons. The molecule has 3 aromatic carbocycles. The van der Waals surface area contributed by atoms with Gasteiger partial charge in [-0.15, -0.1) is 0 Å². The Balaban J connectivity index is 0.000000758. The van der Waals surface area contributed by atoms with E-state index in [0.29, 0.717) is 0 Å². The Labute approximate surface area is 156 Å². The van der Waals surface area contributed by atoms with Crippen LogP contribution in [0.15, 0.2) is 89.8 Å². The van der Waals surface area contributed by atoms with E-state index in [4.69, 9.17) is 5.73 Å². The molecule has 0 bridgehead atoms. The summed E-state index contributed by atoms with van der Waals surface area (Å²) in [5, 5.41) is 3.13. The minimum absolute atomic E-state index is 0.0747. The molecule has 26 heavy (non-hydrogen) atoms. The van der Waals surface area contributed by atoms with Gasteiger partial charge in [0.05, 0.1) is 4.90 Å². The third kappa shape index (κ3) is 5.48. The predicted octanol–water partition coefficient (Wildman–Crippen LogP) is 2.66. The molecule has 0 spiro atoms. The molecule has 0 aliphatic heterocycles. The van der Waals surface area contributed by atoms with E-state index in [1.54, 1.807) is 12.1 Å². The highest BCUT2D eigenvalue weighted by Gasteiger charge is 2.18. The SMILES string of the molecule is CCN.O=S(=O)(O)c1cccc(P(c2ccccc2)c2ccccc2)c1. The number of benzene rings is 3. The minimum Gasteiger partial charge on any atom is -0.331 e. The van der Waals surface area contributed by atoms with Gasteiger partial charge in [0.1, 0.15) is 0 Å². The lowest BCUT2D eigenvalue weighted by Crippen LogP contribution is -2.21. The van der Waals surface area contributed by atoms with Gasteiger partial charge in [0, 0.05) is 0 Å². The molecule has 0 aliphatic rings. The average molecular weight is 387 g/mol. The van der Waals surface area contributed by atoms with E-state index in [2.05, 4.69) is 0 Å². The smallest absolute Gasteiger partial charge is 0.294 e. The second-order valence-corrected chi connectivity index (χ2v) is 9.03. The number of nitrogens with two attached hydrogens (primary N) is 1. The van der Waals surface area contributed by atoms with Crippen molar-refractivity contribution in [3.05, 3.63) is 84.9 Å². The Morgan fingerprint density at radius 1 is 0.808 bits per heavy atom. The van der Waals surface area contributed by atoms with E-state index in [-0.39, 0.29) is 4.90 Å². The Hall–Kier alpha value is -2.04. The molecule has 0 heterocycles. The quantitative estimate of drug-likeness (QED) is 0.533. The van der Waals surface area contributed by atoms with Gasteiger partial charge < -0.3 is 5.73 Å². The summed E-state index contributed by atoms with van der Waals surface area (Å²) < 4.78 is 32.2. The molecule has 0 fully saturated rings. The van der Waals surface area contributed by atoms with Crippen molar-refractivity contribution in [3.63, 3.8) is 0 Å². The lowest BCUT2D eigenvalue weighted by Gasteiger charge is -2.19. The van der Waals surface area contributed by atoms with Gasteiger partial charge in [-0.05, 0) is 42.5 Å². The Bertz CT molecular complexity index is 877. The highest BCUT2D eigenvalue weighted by Crippen LogP contribution is 2.33. The summed E-state index contributed by atoms with van der Waals surface area (Å²) in [6.07, 6.45) is 0. The van der Waals surface area contributed by atoms with Gasteiger partial charge in [0.2, 0.25) is 0 Å². The Kier molecular flexibility index (Phi) is 7.49. The summed E-state index contributed by atoms with van der Waals surface area (Å²) in [5.41, 5.74) is 4.85. The highest BCUT2D eigenvalue weighted by atomic mass is 32.2. The van der Waals surface area contributed by atoms with Crippen LogP contribution in [0.3, 0.4) is 0 Å². The fourth-order valence-electron chi connectivity index (χ4n) is 2.38. The molecule has 0 radical (unpaired) electrons. The van der Waals surface area contributed by atoms with E-state index < -0.39 is 18.0 Å². The summed E-state index contributed by atoms with van der Waals surface area (Å²) in [7, 11) is -5.10. The van der Waals surface area contributed by atoms with E-state index in [1.165, 1.54) is 6.07 Å². The largest absolute Gasteiger partial charge is 0.331 e. The first-order valence-electron chi connectivity index (χ1n) is 8.15. The molecule has 0 amide bonds. The molecular weight excluding hydrogens is 365 g/mol. The van der Waals surface area contributed by atoms with Gasteiger partial charge in [0.25, 0.3) is 10.1 Å². The fourth-order valence-corrected chi connectivity index (χ4v) is 5.34. The zero-order chi connectivity index (χ0) is 19.0. The topological polar surface area (TPSA) is 80.4 Å². The van der Waals surface area contributed by atoms with Crippen LogP contribution in [0.25, 0.3) is 0 Å². The molecule has 6 heteroatoms. The van der Waals surface area contributed by atoms with Crippen LogP contribution in [-0.4, -0.2) is 19.5 Å². The van der Waals surface area contributed by atoms with Crippen LogP contribution in [0.4, 0.5) is 0 Å². The van der Waals surface area contributed by atoms with Crippen LogP contribution in [0, 0.1) is 0 Å². The number of hydrogen-bond donors (Lipinski definition) is 2. The van der Waals surface area contributed by atoms with Gasteiger partial charge >= 0.3 is 0 Å². The molecule has 0 unspecified atom stereocenters. The van der Waals surface area contributed by atoms with Crippen molar-refractivity contribution >= 4 is 34.0 Å². The van der Waals surface area contributed by atoms with Crippen molar-refractivity contribution in [2.24, 2.45) is 5.73 Å². The summed E-state index contributed by atoms with van der Waals surface area (Å²) in [4.78, 5) is -0.0747. The van der Waals surface area contributed by atoms with Crippen LogP contribution in [0.2, 0.25) is 0 Å². The zero-order valence-electron chi connectivity index (χ0n) is 14.5. The maximum absolute atomic E-state index is 11.4. The average Bonchev–Trinajstić information content (AvgIpc) is 2.64. The predicted molar refractivity (Wildman–Crippen MR) is 110 cm³/mol. The normalized spacial score (nSPS) is 10.9. The third-order valence-corrected chi connectivity index (χ3v) is 6.68. The van der Waals surface area contributed by atoms with Crippen LogP contribution in [0.1, 0.15) is 6.92 Å². The van der Waals surface area contributed by atoms with E-state index >= 15 is 0 Å². The van der Waals surface area contributed by atoms with E-state index in [0.717, 1.165) is 22.5 Å². The number of rotatable bonds is 4. The van der Waals surface area contributed by atoms with Gasteiger partial charge in [-0.1, -0.05) is 79.7 Å². The van der Waals surface area contributed by atoms with Crippen molar-refractivity contribution in [2.75, 3.05) is 6.54 Å². The molecule has 3 aromatic rings. The standard InChI is InChI=1S/C18H15O3PS.C2H7N/c19-23(20,21)18-13-7-12-17(14-18)22(15-8-3-1-4-9-15)16-10-5-2-6-11-16;1-2-3/h1-14H,(H,19,20,21);2-3H2,1H3. The van der Waals surface area contributed by atoms with E-state index in [1.807, 2.05) is 73.7 Å². The highest BCUT2D eigenvalue weighted by molar-refractivity contribution is 7.86. The summed E-state index contributed by atoms with van der Waals surface area (Å²) in [5.74, 6) is 0. The van der Waals surface area contributed by atoms with Crippen LogP contribution in [-0.2, 0) is 10.1 Å². The lowest BCUT2D eigenvalue weighted by molar-refractivity contribution is 0.483. The minimum atomic E-state index is -4.21. The first-order valence-corrected chi connectivity index (χ1v) is 10.9. The molecule has 0 saturated carbocycles. The summed E-state index contributed by atoms with van der Waals surface area (Å²) in [6.45, 7) is 2.65. The van der Waals surface area contributed by atoms with Crippen molar-refractivity contribution < 1.29 is 13.0 Å². The van der Waals surface area contributed by atoms with Crippen molar-refractivity contribution in [2.45, 2.75) is 11.8 Å². The molecule has 3 N–H and O–H groups in total. The molecule has 0 aliphatic carbocycles. The monoisotopic (exact) mass is 387 g/mol. The van der Waals surface area contributed by atoms with Gasteiger partial charge in [0.15, 0.2) is 0 Å². The van der Waals surface area contributed by atoms with E-state index in [9.17, 15) is 13.0 Å². The Morgan fingerprint density at radius 3 is 1.65 bits per heavy atom. The molecule has 0 atom stereocenters. The fraction of sp³-hybridized carbons (Fsp3) is 0.100. The second-order valence-electron chi connectivity index (χ2n) is 5.39. The third-order valence-electron chi connectivity index (χ3n) is 3.40.